The molecule has 114 valence electrons. The lowest BCUT2D eigenvalue weighted by Gasteiger charge is -2.15. The molecule has 0 spiro atoms. The molecule has 8 heteroatoms. The molecule has 1 aromatic rings. The first-order valence-electron chi connectivity index (χ1n) is 5.91. The number of carbonyl (C=O) groups excluding carboxylic acids is 1. The Morgan fingerprint density at radius 1 is 1.43 bits per heavy atom. The second-order valence-corrected chi connectivity index (χ2v) is 4.37. The molecule has 5 nitrogen and oxygen atoms in total. The largest absolute Gasteiger partial charge is 0.478 e. The number of carboxylic acids is 1. The summed E-state index contributed by atoms with van der Waals surface area (Å²) in [5.41, 5.74) is 0.407. The van der Waals surface area contributed by atoms with Gasteiger partial charge < -0.3 is 10.4 Å². The number of nitrogens with one attached hydrogen (secondary N) is 1. The van der Waals surface area contributed by atoms with E-state index in [4.69, 9.17) is 5.11 Å². The summed E-state index contributed by atoms with van der Waals surface area (Å²) in [5, 5.41) is 10.7. The van der Waals surface area contributed by atoms with Crippen molar-refractivity contribution in [1.29, 1.82) is 0 Å². The number of carbonyl (C=O) groups is 2. The lowest BCUT2D eigenvalue weighted by Crippen LogP contribution is -2.36. The molecule has 0 aliphatic carbocycles. The molecule has 21 heavy (non-hydrogen) atoms. The number of hydrogen-bond donors (Lipinski definition) is 2. The second kappa shape index (κ2) is 6.87. The van der Waals surface area contributed by atoms with Crippen LogP contribution in [-0.2, 0) is 4.79 Å². The fourth-order valence-electron chi connectivity index (χ4n) is 1.55. The molecular formula is C13H13F3N2O3. The van der Waals surface area contributed by atoms with Crippen LogP contribution in [0.5, 0.6) is 0 Å². The Kier molecular flexibility index (Phi) is 5.45. The van der Waals surface area contributed by atoms with Gasteiger partial charge >= 0.3 is 12.1 Å². The van der Waals surface area contributed by atoms with E-state index >= 15 is 0 Å². The highest BCUT2D eigenvalue weighted by atomic mass is 19.4. The molecule has 0 aliphatic heterocycles. The first-order valence-corrected chi connectivity index (χ1v) is 5.91. The summed E-state index contributed by atoms with van der Waals surface area (Å²) in [6, 6.07) is 0.262. The number of pyridine rings is 1. The number of alkyl halides is 3. The summed E-state index contributed by atoms with van der Waals surface area (Å²) in [5.74, 6) is -1.87. The molecule has 0 bridgehead atoms. The van der Waals surface area contributed by atoms with Crippen LogP contribution in [0.3, 0.4) is 0 Å². The average molecular weight is 302 g/mol. The number of rotatable bonds is 5. The Bertz CT molecular complexity index is 556. The minimum atomic E-state index is -4.36. The molecule has 0 saturated carbocycles. The highest BCUT2D eigenvalue weighted by Gasteiger charge is 2.30. The number of aliphatic carboxylic acids is 1. The molecule has 1 amide bonds. The lowest BCUT2D eigenvalue weighted by atomic mass is 10.1. The van der Waals surface area contributed by atoms with E-state index < -0.39 is 30.5 Å². The number of carboxylic acid groups (broad SMARTS) is 1. The summed E-state index contributed by atoms with van der Waals surface area (Å²) in [6.07, 6.45) is -0.888. The van der Waals surface area contributed by atoms with Gasteiger partial charge in [0.15, 0.2) is 0 Å². The Morgan fingerprint density at radius 3 is 2.67 bits per heavy atom. The summed E-state index contributed by atoms with van der Waals surface area (Å²) in [6.45, 7) is 1.24. The zero-order chi connectivity index (χ0) is 16.0. The van der Waals surface area contributed by atoms with Crippen LogP contribution in [0, 0.1) is 0 Å². The zero-order valence-corrected chi connectivity index (χ0v) is 11.0. The number of halogens is 3. The van der Waals surface area contributed by atoms with Crippen LogP contribution in [0.15, 0.2) is 24.5 Å². The SMILES string of the molecule is CC(CC(F)(F)F)NC(=O)c1cncc(/C=C/C(=O)O)c1. The maximum absolute atomic E-state index is 12.2. The standard InChI is InChI=1S/C13H13F3N2O3/c1-8(5-13(14,15)16)18-12(21)10-4-9(6-17-7-10)2-3-11(19)20/h2-4,6-8H,5H2,1H3,(H,18,21)(H,19,20)/b3-2+. The third-order valence-corrected chi connectivity index (χ3v) is 2.36. The molecule has 1 atom stereocenters. The van der Waals surface area contributed by atoms with Crippen LogP contribution in [0.1, 0.15) is 29.3 Å². The minimum Gasteiger partial charge on any atom is -0.478 e. The highest BCUT2D eigenvalue weighted by molar-refractivity contribution is 5.95. The smallest absolute Gasteiger partial charge is 0.391 e. The number of aromatic nitrogens is 1. The van der Waals surface area contributed by atoms with Crippen molar-refractivity contribution in [3.63, 3.8) is 0 Å². The first kappa shape index (κ1) is 16.7. The van der Waals surface area contributed by atoms with E-state index in [1.165, 1.54) is 31.5 Å². The van der Waals surface area contributed by atoms with Gasteiger partial charge in [0.05, 0.1) is 12.0 Å². The van der Waals surface area contributed by atoms with Gasteiger partial charge in [0.25, 0.3) is 5.91 Å². The molecule has 1 heterocycles. The van der Waals surface area contributed by atoms with Gasteiger partial charge in [-0.25, -0.2) is 4.79 Å². The van der Waals surface area contributed by atoms with Gasteiger partial charge in [-0.05, 0) is 24.6 Å². The van der Waals surface area contributed by atoms with Crippen molar-refractivity contribution >= 4 is 18.0 Å². The summed E-state index contributed by atoms with van der Waals surface area (Å²) < 4.78 is 36.5. The predicted molar refractivity (Wildman–Crippen MR) is 68.5 cm³/mol. The van der Waals surface area contributed by atoms with Crippen molar-refractivity contribution in [2.24, 2.45) is 0 Å². The van der Waals surface area contributed by atoms with Crippen molar-refractivity contribution in [2.75, 3.05) is 0 Å². The highest BCUT2D eigenvalue weighted by Crippen LogP contribution is 2.21. The third-order valence-electron chi connectivity index (χ3n) is 2.36. The maximum atomic E-state index is 12.2. The van der Waals surface area contributed by atoms with E-state index in [0.717, 1.165) is 6.08 Å². The number of nitrogens with zero attached hydrogens (tertiary/aromatic N) is 1. The van der Waals surface area contributed by atoms with Crippen LogP contribution >= 0.6 is 0 Å². The predicted octanol–water partition coefficient (Wildman–Crippen LogP) is 2.25. The normalized spacial score (nSPS) is 13.1. The summed E-state index contributed by atoms with van der Waals surface area (Å²) in [7, 11) is 0. The Morgan fingerprint density at radius 2 is 2.10 bits per heavy atom. The van der Waals surface area contributed by atoms with Crippen molar-refractivity contribution < 1.29 is 27.9 Å². The fourth-order valence-corrected chi connectivity index (χ4v) is 1.55. The van der Waals surface area contributed by atoms with E-state index in [9.17, 15) is 22.8 Å². The molecule has 1 unspecified atom stereocenters. The maximum Gasteiger partial charge on any atom is 0.391 e. The Balaban J connectivity index is 2.74. The molecule has 0 saturated heterocycles. The van der Waals surface area contributed by atoms with Crippen LogP contribution in [0.2, 0.25) is 0 Å². The van der Waals surface area contributed by atoms with Crippen molar-refractivity contribution in [2.45, 2.75) is 25.6 Å². The van der Waals surface area contributed by atoms with Gasteiger partial charge in [0.1, 0.15) is 0 Å². The van der Waals surface area contributed by atoms with E-state index in [2.05, 4.69) is 10.3 Å². The molecule has 1 rings (SSSR count). The minimum absolute atomic E-state index is 0.0524. The average Bonchev–Trinajstić information content (AvgIpc) is 2.34. The molecule has 0 aliphatic rings. The van der Waals surface area contributed by atoms with E-state index in [1.54, 1.807) is 0 Å². The molecule has 0 aromatic carbocycles. The molecule has 2 N–H and O–H groups in total. The molecule has 0 radical (unpaired) electrons. The third kappa shape index (κ3) is 6.55. The molecular weight excluding hydrogens is 289 g/mol. The van der Waals surface area contributed by atoms with Crippen LogP contribution < -0.4 is 5.32 Å². The topological polar surface area (TPSA) is 79.3 Å². The number of hydrogen-bond acceptors (Lipinski definition) is 3. The van der Waals surface area contributed by atoms with Crippen molar-refractivity contribution in [3.05, 3.63) is 35.7 Å². The Labute approximate surface area is 118 Å². The monoisotopic (exact) mass is 302 g/mol. The Hall–Kier alpha value is -2.38. The molecule has 1 aromatic heterocycles. The van der Waals surface area contributed by atoms with E-state index in [0.29, 0.717) is 5.56 Å². The van der Waals surface area contributed by atoms with Gasteiger partial charge in [0.2, 0.25) is 0 Å². The second-order valence-electron chi connectivity index (χ2n) is 4.37. The van der Waals surface area contributed by atoms with Gasteiger partial charge in [-0.1, -0.05) is 0 Å². The summed E-state index contributed by atoms with van der Waals surface area (Å²) in [4.78, 5) is 25.9. The lowest BCUT2D eigenvalue weighted by molar-refractivity contribution is -0.138. The van der Waals surface area contributed by atoms with Gasteiger partial charge in [-0.3, -0.25) is 9.78 Å². The molecule has 0 fully saturated rings. The zero-order valence-electron chi connectivity index (χ0n) is 11.0. The van der Waals surface area contributed by atoms with Crippen molar-refractivity contribution in [3.8, 4) is 0 Å². The van der Waals surface area contributed by atoms with E-state index in [1.807, 2.05) is 0 Å². The van der Waals surface area contributed by atoms with E-state index in [-0.39, 0.29) is 5.56 Å². The summed E-state index contributed by atoms with van der Waals surface area (Å²) >= 11 is 0. The van der Waals surface area contributed by atoms with Gasteiger partial charge in [0, 0.05) is 24.5 Å². The fraction of sp³-hybridized carbons (Fsp3) is 0.308. The van der Waals surface area contributed by atoms with Gasteiger partial charge in [-0.2, -0.15) is 13.2 Å². The van der Waals surface area contributed by atoms with Crippen LogP contribution in [0.25, 0.3) is 6.08 Å². The first-order chi connectivity index (χ1) is 9.67. The van der Waals surface area contributed by atoms with Crippen LogP contribution in [0.4, 0.5) is 13.2 Å². The quantitative estimate of drug-likeness (QED) is 0.818. The van der Waals surface area contributed by atoms with Crippen molar-refractivity contribution in [1.82, 2.24) is 10.3 Å². The van der Waals surface area contributed by atoms with Gasteiger partial charge in [-0.15, -0.1) is 0 Å². The number of amides is 1. The van der Waals surface area contributed by atoms with Crippen LogP contribution in [-0.4, -0.2) is 34.2 Å².